The summed E-state index contributed by atoms with van der Waals surface area (Å²) in [6.07, 6.45) is 9.34. The van der Waals surface area contributed by atoms with E-state index in [1.807, 2.05) is 0 Å². The molecule has 0 aliphatic heterocycles. The largest absolute Gasteiger partial charge is 0.314 e. The third-order valence-electron chi connectivity index (χ3n) is 2.11. The van der Waals surface area contributed by atoms with Crippen molar-refractivity contribution in [1.29, 1.82) is 0 Å². The van der Waals surface area contributed by atoms with E-state index in [1.165, 1.54) is 19.3 Å². The predicted molar refractivity (Wildman–Crippen MR) is 56.4 cm³/mol. The van der Waals surface area contributed by atoms with Crippen molar-refractivity contribution in [3.05, 3.63) is 12.2 Å². The van der Waals surface area contributed by atoms with E-state index in [-0.39, 0.29) is 0 Å². The van der Waals surface area contributed by atoms with Crippen LogP contribution in [0.1, 0.15) is 46.5 Å². The Balaban J connectivity index is 3.31. The van der Waals surface area contributed by atoms with Gasteiger partial charge in [-0.3, -0.25) is 0 Å². The highest BCUT2D eigenvalue weighted by atomic mass is 14.9. The Kier molecular flexibility index (Phi) is 8.57. The summed E-state index contributed by atoms with van der Waals surface area (Å²) in [6.45, 7) is 7.70. The van der Waals surface area contributed by atoms with Crippen LogP contribution in [0.4, 0.5) is 0 Å². The monoisotopic (exact) mass is 169 g/mol. The first-order valence-electron chi connectivity index (χ1n) is 5.19. The predicted octanol–water partition coefficient (Wildman–Crippen LogP) is 3.12. The molecule has 0 radical (unpaired) electrons. The molecule has 0 aromatic carbocycles. The van der Waals surface area contributed by atoms with Crippen LogP contribution in [0.25, 0.3) is 0 Å². The first-order chi connectivity index (χ1) is 5.85. The van der Waals surface area contributed by atoms with Crippen LogP contribution in [0.15, 0.2) is 12.2 Å². The zero-order valence-electron chi connectivity index (χ0n) is 8.77. The maximum Gasteiger partial charge on any atom is 0.00644 e. The zero-order chi connectivity index (χ0) is 9.23. The van der Waals surface area contributed by atoms with Crippen molar-refractivity contribution < 1.29 is 0 Å². The number of rotatable bonds is 7. The minimum atomic E-state index is 0.736. The Labute approximate surface area is 77.2 Å². The summed E-state index contributed by atoms with van der Waals surface area (Å²) in [5.74, 6) is 0. The van der Waals surface area contributed by atoms with Crippen molar-refractivity contribution >= 4 is 0 Å². The van der Waals surface area contributed by atoms with Crippen LogP contribution < -0.4 is 5.32 Å². The van der Waals surface area contributed by atoms with Gasteiger partial charge in [-0.15, -0.1) is 0 Å². The third-order valence-corrected chi connectivity index (χ3v) is 2.11. The molecule has 1 unspecified atom stereocenters. The standard InChI is InChI=1S/C11H23N/c1-4-7-8-10-12-11(6-3)9-5-2/h4,7,11-12H,5-6,8-10H2,1-3H3/b7-4+. The van der Waals surface area contributed by atoms with Crippen molar-refractivity contribution in [3.63, 3.8) is 0 Å². The van der Waals surface area contributed by atoms with E-state index in [0.29, 0.717) is 0 Å². The smallest absolute Gasteiger partial charge is 0.00644 e. The van der Waals surface area contributed by atoms with Gasteiger partial charge in [0.25, 0.3) is 0 Å². The Morgan fingerprint density at radius 3 is 2.58 bits per heavy atom. The molecule has 0 aromatic rings. The van der Waals surface area contributed by atoms with Crippen LogP contribution in [0.2, 0.25) is 0 Å². The average molecular weight is 169 g/mol. The lowest BCUT2D eigenvalue weighted by Crippen LogP contribution is -2.28. The second-order valence-corrected chi connectivity index (χ2v) is 3.21. The van der Waals surface area contributed by atoms with Gasteiger partial charge in [0.05, 0.1) is 0 Å². The van der Waals surface area contributed by atoms with E-state index in [9.17, 15) is 0 Å². The summed E-state index contributed by atoms with van der Waals surface area (Å²) >= 11 is 0. The molecule has 0 spiro atoms. The van der Waals surface area contributed by atoms with Gasteiger partial charge in [-0.1, -0.05) is 32.4 Å². The van der Waals surface area contributed by atoms with Crippen LogP contribution in [-0.4, -0.2) is 12.6 Å². The fourth-order valence-corrected chi connectivity index (χ4v) is 1.34. The number of allylic oxidation sites excluding steroid dienone is 1. The fourth-order valence-electron chi connectivity index (χ4n) is 1.34. The van der Waals surface area contributed by atoms with Gasteiger partial charge < -0.3 is 5.32 Å². The molecule has 1 nitrogen and oxygen atoms in total. The maximum absolute atomic E-state index is 3.55. The van der Waals surface area contributed by atoms with Crippen molar-refractivity contribution in [2.24, 2.45) is 0 Å². The van der Waals surface area contributed by atoms with E-state index in [1.54, 1.807) is 0 Å². The van der Waals surface area contributed by atoms with Gasteiger partial charge in [-0.05, 0) is 32.7 Å². The highest BCUT2D eigenvalue weighted by molar-refractivity contribution is 4.78. The molecule has 0 aliphatic carbocycles. The maximum atomic E-state index is 3.55. The van der Waals surface area contributed by atoms with E-state index >= 15 is 0 Å². The molecule has 12 heavy (non-hydrogen) atoms. The molecule has 0 aliphatic rings. The molecule has 1 N–H and O–H groups in total. The quantitative estimate of drug-likeness (QED) is 0.456. The lowest BCUT2D eigenvalue weighted by Gasteiger charge is -2.14. The molecule has 0 rings (SSSR count). The van der Waals surface area contributed by atoms with Crippen LogP contribution in [-0.2, 0) is 0 Å². The molecular formula is C11H23N. The normalized spacial score (nSPS) is 13.9. The van der Waals surface area contributed by atoms with Crippen LogP contribution in [0.3, 0.4) is 0 Å². The molecule has 0 amide bonds. The molecule has 0 fully saturated rings. The van der Waals surface area contributed by atoms with Crippen molar-refractivity contribution in [3.8, 4) is 0 Å². The molecule has 0 saturated carbocycles. The lowest BCUT2D eigenvalue weighted by atomic mass is 10.1. The van der Waals surface area contributed by atoms with Crippen molar-refractivity contribution in [2.75, 3.05) is 6.54 Å². The second-order valence-electron chi connectivity index (χ2n) is 3.21. The molecule has 0 heterocycles. The highest BCUT2D eigenvalue weighted by Crippen LogP contribution is 2.00. The summed E-state index contributed by atoms with van der Waals surface area (Å²) < 4.78 is 0. The van der Waals surface area contributed by atoms with Gasteiger partial charge in [0, 0.05) is 6.04 Å². The van der Waals surface area contributed by atoms with Crippen molar-refractivity contribution in [1.82, 2.24) is 5.32 Å². The fraction of sp³-hybridized carbons (Fsp3) is 0.818. The number of hydrogen-bond donors (Lipinski definition) is 1. The molecule has 1 atom stereocenters. The first-order valence-corrected chi connectivity index (χ1v) is 5.19. The van der Waals surface area contributed by atoms with E-state index in [0.717, 1.165) is 19.0 Å². The average Bonchev–Trinajstić information content (AvgIpc) is 2.10. The van der Waals surface area contributed by atoms with E-state index in [4.69, 9.17) is 0 Å². The Morgan fingerprint density at radius 2 is 2.08 bits per heavy atom. The number of hydrogen-bond acceptors (Lipinski definition) is 1. The molecular weight excluding hydrogens is 146 g/mol. The Bertz CT molecular complexity index is 108. The second kappa shape index (κ2) is 8.79. The zero-order valence-corrected chi connectivity index (χ0v) is 8.77. The Morgan fingerprint density at radius 1 is 1.33 bits per heavy atom. The van der Waals surface area contributed by atoms with Gasteiger partial charge in [0.2, 0.25) is 0 Å². The molecule has 0 aromatic heterocycles. The van der Waals surface area contributed by atoms with Crippen LogP contribution in [0, 0.1) is 0 Å². The first kappa shape index (κ1) is 11.7. The summed E-state index contributed by atoms with van der Waals surface area (Å²) in [5, 5.41) is 3.55. The third kappa shape index (κ3) is 6.41. The molecule has 0 bridgehead atoms. The van der Waals surface area contributed by atoms with Crippen LogP contribution >= 0.6 is 0 Å². The summed E-state index contributed by atoms with van der Waals surface area (Å²) in [6, 6.07) is 0.736. The minimum Gasteiger partial charge on any atom is -0.314 e. The topological polar surface area (TPSA) is 12.0 Å². The SMILES string of the molecule is C/C=C/CCNC(CC)CCC. The summed E-state index contributed by atoms with van der Waals surface area (Å²) in [5.41, 5.74) is 0. The van der Waals surface area contributed by atoms with Gasteiger partial charge in [-0.2, -0.15) is 0 Å². The van der Waals surface area contributed by atoms with Gasteiger partial charge in [-0.25, -0.2) is 0 Å². The van der Waals surface area contributed by atoms with Gasteiger partial charge >= 0.3 is 0 Å². The summed E-state index contributed by atoms with van der Waals surface area (Å²) in [4.78, 5) is 0. The highest BCUT2D eigenvalue weighted by Gasteiger charge is 2.01. The molecule has 72 valence electrons. The van der Waals surface area contributed by atoms with Gasteiger partial charge in [0.15, 0.2) is 0 Å². The summed E-state index contributed by atoms with van der Waals surface area (Å²) in [7, 11) is 0. The Hall–Kier alpha value is -0.300. The molecule has 1 heteroatoms. The lowest BCUT2D eigenvalue weighted by molar-refractivity contribution is 0.468. The number of nitrogens with one attached hydrogen (secondary N) is 1. The van der Waals surface area contributed by atoms with Crippen molar-refractivity contribution in [2.45, 2.75) is 52.5 Å². The molecule has 0 saturated heterocycles. The van der Waals surface area contributed by atoms with E-state index in [2.05, 4.69) is 38.2 Å². The van der Waals surface area contributed by atoms with Gasteiger partial charge in [0.1, 0.15) is 0 Å². The minimum absolute atomic E-state index is 0.736. The van der Waals surface area contributed by atoms with E-state index < -0.39 is 0 Å². The van der Waals surface area contributed by atoms with Crippen LogP contribution in [0.5, 0.6) is 0 Å².